The predicted octanol–water partition coefficient (Wildman–Crippen LogP) is 3.07. The maximum absolute atomic E-state index is 12.9. The van der Waals surface area contributed by atoms with Gasteiger partial charge in [0.15, 0.2) is 5.69 Å². The fraction of sp³-hybridized carbons (Fsp3) is 0.667. The Labute approximate surface area is 122 Å². The fourth-order valence-corrected chi connectivity index (χ4v) is 2.88. The second-order valence-electron chi connectivity index (χ2n) is 4.75. The first-order valence-electron chi connectivity index (χ1n) is 6.44. The van der Waals surface area contributed by atoms with Gasteiger partial charge in [-0.25, -0.2) is 0 Å². The summed E-state index contributed by atoms with van der Waals surface area (Å²) in [7, 11) is 0. The van der Waals surface area contributed by atoms with Crippen molar-refractivity contribution in [3.63, 3.8) is 0 Å². The van der Waals surface area contributed by atoms with Gasteiger partial charge in [0, 0.05) is 18.9 Å². The van der Waals surface area contributed by atoms with Crippen LogP contribution in [-0.2, 0) is 17.5 Å². The number of rotatable bonds is 5. The largest absolute Gasteiger partial charge is 0.436 e. The molecule has 1 N–H and O–H groups in total. The van der Waals surface area contributed by atoms with E-state index in [1.807, 2.05) is 0 Å². The highest BCUT2D eigenvalue weighted by Crippen LogP contribution is 2.46. The lowest BCUT2D eigenvalue weighted by Gasteiger charge is -2.07. The molecule has 20 heavy (non-hydrogen) atoms. The zero-order valence-corrected chi connectivity index (χ0v) is 12.5. The Hall–Kier alpha value is -1.05. The minimum Gasteiger partial charge on any atom is -0.356 e. The van der Waals surface area contributed by atoms with Crippen molar-refractivity contribution in [2.75, 3.05) is 6.54 Å². The maximum Gasteiger partial charge on any atom is 0.436 e. The molecule has 2 rings (SSSR count). The van der Waals surface area contributed by atoms with Gasteiger partial charge in [0.1, 0.15) is 0 Å². The number of aryl methyl sites for hydroxylation is 1. The molecule has 0 atom stereocenters. The Bertz CT molecular complexity index is 509. The standard InChI is InChI=1S/C12H15BrF3N3O/c1-2-17-8(20)5-6-19-10(7-3-4-7)9(13)11(18-19)12(14,15)16/h7H,2-6H2,1H3,(H,17,20). The van der Waals surface area contributed by atoms with Crippen molar-refractivity contribution < 1.29 is 18.0 Å². The molecule has 1 fully saturated rings. The molecule has 0 aliphatic heterocycles. The van der Waals surface area contributed by atoms with Crippen LogP contribution in [0.5, 0.6) is 0 Å². The number of nitrogens with zero attached hydrogens (tertiary/aromatic N) is 2. The first-order valence-corrected chi connectivity index (χ1v) is 7.24. The number of hydrogen-bond donors (Lipinski definition) is 1. The maximum atomic E-state index is 12.9. The van der Waals surface area contributed by atoms with E-state index in [1.165, 1.54) is 4.68 Å². The second kappa shape index (κ2) is 5.75. The highest BCUT2D eigenvalue weighted by molar-refractivity contribution is 9.10. The van der Waals surface area contributed by atoms with E-state index in [-0.39, 0.29) is 29.3 Å². The number of hydrogen-bond acceptors (Lipinski definition) is 2. The summed E-state index contributed by atoms with van der Waals surface area (Å²) in [6.07, 6.45) is -2.64. The van der Waals surface area contributed by atoms with Crippen LogP contribution in [0.4, 0.5) is 13.2 Å². The molecular weight excluding hydrogens is 339 g/mol. The van der Waals surface area contributed by atoms with Crippen LogP contribution in [0.15, 0.2) is 4.47 Å². The minimum absolute atomic E-state index is 0.0170. The Morgan fingerprint density at radius 3 is 2.65 bits per heavy atom. The van der Waals surface area contributed by atoms with E-state index in [2.05, 4.69) is 26.3 Å². The molecule has 1 heterocycles. The van der Waals surface area contributed by atoms with Crippen molar-refractivity contribution in [2.45, 2.75) is 44.8 Å². The van der Waals surface area contributed by atoms with E-state index in [0.717, 1.165) is 12.8 Å². The van der Waals surface area contributed by atoms with Crippen LogP contribution < -0.4 is 5.32 Å². The molecule has 0 saturated heterocycles. The van der Waals surface area contributed by atoms with Gasteiger partial charge in [-0.1, -0.05) is 0 Å². The molecule has 1 aromatic rings. The van der Waals surface area contributed by atoms with Crippen LogP contribution in [0.2, 0.25) is 0 Å². The Kier molecular flexibility index (Phi) is 4.41. The molecule has 0 radical (unpaired) electrons. The predicted molar refractivity (Wildman–Crippen MR) is 70.2 cm³/mol. The van der Waals surface area contributed by atoms with E-state index in [4.69, 9.17) is 0 Å². The zero-order valence-electron chi connectivity index (χ0n) is 10.9. The lowest BCUT2D eigenvalue weighted by molar-refractivity contribution is -0.142. The normalized spacial score (nSPS) is 15.4. The molecule has 4 nitrogen and oxygen atoms in total. The summed E-state index contributed by atoms with van der Waals surface area (Å²) >= 11 is 3.01. The minimum atomic E-state index is -4.49. The molecule has 1 amide bonds. The average Bonchev–Trinajstić information content (AvgIpc) is 3.10. The number of carbonyl (C=O) groups excluding carboxylic acids is 1. The molecule has 1 aliphatic carbocycles. The summed E-state index contributed by atoms with van der Waals surface area (Å²) in [6, 6.07) is 0. The van der Waals surface area contributed by atoms with Gasteiger partial charge in [0.25, 0.3) is 0 Å². The molecule has 0 bridgehead atoms. The molecule has 1 saturated carbocycles. The summed E-state index contributed by atoms with van der Waals surface area (Å²) in [5.74, 6) is -0.0726. The van der Waals surface area contributed by atoms with Crippen molar-refractivity contribution in [3.8, 4) is 0 Å². The fourth-order valence-electron chi connectivity index (χ4n) is 2.04. The Morgan fingerprint density at radius 2 is 2.15 bits per heavy atom. The van der Waals surface area contributed by atoms with Crippen molar-refractivity contribution >= 4 is 21.8 Å². The van der Waals surface area contributed by atoms with E-state index < -0.39 is 11.9 Å². The van der Waals surface area contributed by atoms with Gasteiger partial charge in [0.2, 0.25) is 5.91 Å². The number of nitrogens with one attached hydrogen (secondary N) is 1. The zero-order chi connectivity index (χ0) is 14.9. The number of aromatic nitrogens is 2. The summed E-state index contributed by atoms with van der Waals surface area (Å²) in [5.41, 5.74) is -0.350. The third kappa shape index (κ3) is 3.34. The second-order valence-corrected chi connectivity index (χ2v) is 5.54. The average molecular weight is 354 g/mol. The van der Waals surface area contributed by atoms with Crippen molar-refractivity contribution in [1.82, 2.24) is 15.1 Å². The van der Waals surface area contributed by atoms with Crippen molar-refractivity contribution in [1.29, 1.82) is 0 Å². The molecule has 0 spiro atoms. The van der Waals surface area contributed by atoms with Gasteiger partial charge < -0.3 is 5.32 Å². The van der Waals surface area contributed by atoms with Crippen LogP contribution in [-0.4, -0.2) is 22.2 Å². The summed E-state index contributed by atoms with van der Waals surface area (Å²) in [5, 5.41) is 6.26. The number of amides is 1. The van der Waals surface area contributed by atoms with Gasteiger partial charge in [-0.05, 0) is 35.7 Å². The smallest absolute Gasteiger partial charge is 0.356 e. The lowest BCUT2D eigenvalue weighted by atomic mass is 10.2. The first kappa shape index (κ1) is 15.3. The topological polar surface area (TPSA) is 46.9 Å². The van der Waals surface area contributed by atoms with Crippen LogP contribution in [0, 0.1) is 0 Å². The molecule has 0 aromatic carbocycles. The van der Waals surface area contributed by atoms with Crippen LogP contribution >= 0.6 is 15.9 Å². The van der Waals surface area contributed by atoms with Gasteiger partial charge in [-0.15, -0.1) is 0 Å². The molecule has 8 heteroatoms. The van der Waals surface area contributed by atoms with Gasteiger partial charge in [-0.2, -0.15) is 18.3 Å². The first-order chi connectivity index (χ1) is 9.34. The number of carbonyl (C=O) groups is 1. The summed E-state index contributed by atoms with van der Waals surface area (Å²) in [6.45, 7) is 2.46. The van der Waals surface area contributed by atoms with Crippen LogP contribution in [0.1, 0.15) is 43.5 Å². The summed E-state index contributed by atoms with van der Waals surface area (Å²) < 4.78 is 39.9. The third-order valence-corrected chi connectivity index (χ3v) is 3.87. The number of halogens is 4. The number of alkyl halides is 3. The molecule has 1 aliphatic rings. The molecule has 1 aromatic heterocycles. The molecule has 0 unspecified atom stereocenters. The van der Waals surface area contributed by atoms with E-state index >= 15 is 0 Å². The SMILES string of the molecule is CCNC(=O)CCn1nc(C(F)(F)F)c(Br)c1C1CC1. The van der Waals surface area contributed by atoms with E-state index in [0.29, 0.717) is 12.2 Å². The molecular formula is C12H15BrF3N3O. The monoisotopic (exact) mass is 353 g/mol. The van der Waals surface area contributed by atoms with E-state index in [1.54, 1.807) is 6.92 Å². The molecule has 112 valence electrons. The third-order valence-electron chi connectivity index (χ3n) is 3.09. The van der Waals surface area contributed by atoms with Crippen molar-refractivity contribution in [2.24, 2.45) is 0 Å². The Balaban J connectivity index is 2.21. The summed E-state index contributed by atoms with van der Waals surface area (Å²) in [4.78, 5) is 11.4. The van der Waals surface area contributed by atoms with E-state index in [9.17, 15) is 18.0 Å². The van der Waals surface area contributed by atoms with Crippen LogP contribution in [0.3, 0.4) is 0 Å². The van der Waals surface area contributed by atoms with Gasteiger partial charge in [-0.3, -0.25) is 9.48 Å². The Morgan fingerprint density at radius 1 is 1.50 bits per heavy atom. The quantitative estimate of drug-likeness (QED) is 0.884. The van der Waals surface area contributed by atoms with Crippen molar-refractivity contribution in [3.05, 3.63) is 15.9 Å². The van der Waals surface area contributed by atoms with Gasteiger partial charge >= 0.3 is 6.18 Å². The lowest BCUT2D eigenvalue weighted by Crippen LogP contribution is -2.24. The van der Waals surface area contributed by atoms with Crippen LogP contribution in [0.25, 0.3) is 0 Å². The van der Waals surface area contributed by atoms with Gasteiger partial charge in [0.05, 0.1) is 16.7 Å². The highest BCUT2D eigenvalue weighted by atomic mass is 79.9. The highest BCUT2D eigenvalue weighted by Gasteiger charge is 2.41.